The number of amides is 2. The van der Waals surface area contributed by atoms with Crippen LogP contribution in [0.5, 0.6) is 0 Å². The van der Waals surface area contributed by atoms with E-state index in [9.17, 15) is 23.5 Å². The number of nitrogens with two attached hydrogens (primary N) is 1. The fourth-order valence-corrected chi connectivity index (χ4v) is 3.97. The summed E-state index contributed by atoms with van der Waals surface area (Å²) in [7, 11) is 0. The van der Waals surface area contributed by atoms with Crippen molar-refractivity contribution in [3.63, 3.8) is 0 Å². The average Bonchev–Trinajstić information content (AvgIpc) is 3.51. The number of hydrogen-bond donors (Lipinski definition) is 4. The van der Waals surface area contributed by atoms with E-state index in [4.69, 9.17) is 5.73 Å². The molecule has 1 aliphatic heterocycles. The molecule has 1 aromatic heterocycles. The van der Waals surface area contributed by atoms with Gasteiger partial charge in [-0.2, -0.15) is 0 Å². The quantitative estimate of drug-likeness (QED) is 0.278. The summed E-state index contributed by atoms with van der Waals surface area (Å²) in [5.74, 6) is -5.42. The number of carbonyl (C=O) groups excluding carboxylic acids is 2. The second-order valence-electron chi connectivity index (χ2n) is 8.96. The molecular weight excluding hydrogens is 478 g/mol. The maximum Gasteiger partial charge on any atom is 0.260 e. The first-order chi connectivity index (χ1) is 17.5. The lowest BCUT2D eigenvalue weighted by Crippen LogP contribution is -2.37. The van der Waals surface area contributed by atoms with Crippen LogP contribution in [-0.4, -0.2) is 40.0 Å². The first kappa shape index (κ1) is 29.9. The van der Waals surface area contributed by atoms with E-state index in [-0.39, 0.29) is 11.9 Å². The minimum absolute atomic E-state index is 0.180. The number of allylic oxidation sites excluding steroid dienone is 3. The number of aromatic nitrogens is 1. The molecule has 2 aliphatic rings. The maximum absolute atomic E-state index is 13.2. The minimum atomic E-state index is -2.95. The van der Waals surface area contributed by atoms with Crippen molar-refractivity contribution in [1.29, 1.82) is 0 Å². The van der Waals surface area contributed by atoms with Gasteiger partial charge in [-0.3, -0.25) is 9.59 Å². The molecule has 9 heteroatoms. The summed E-state index contributed by atoms with van der Waals surface area (Å²) in [5, 5.41) is 15.8. The van der Waals surface area contributed by atoms with Crippen LogP contribution in [-0.2, 0) is 9.59 Å². The number of nitrogens with zero attached hydrogens (tertiary/aromatic N) is 1. The average molecular weight is 517 g/mol. The van der Waals surface area contributed by atoms with Gasteiger partial charge in [0.15, 0.2) is 0 Å². The lowest BCUT2D eigenvalue weighted by atomic mass is 9.87. The number of dihydropyridines is 1. The van der Waals surface area contributed by atoms with Gasteiger partial charge in [-0.25, -0.2) is 13.8 Å². The Bertz CT molecular complexity index is 1140. The zero-order chi connectivity index (χ0) is 27.9. The van der Waals surface area contributed by atoms with Crippen LogP contribution >= 0.6 is 0 Å². The molecule has 3 unspecified atom stereocenters. The van der Waals surface area contributed by atoms with Crippen LogP contribution in [0, 0.1) is 12.8 Å². The normalized spacial score (nSPS) is 21.4. The summed E-state index contributed by atoms with van der Waals surface area (Å²) in [6.07, 6.45) is 8.91. The fourth-order valence-electron chi connectivity index (χ4n) is 3.97. The Balaban J connectivity index is 0.00000235. The molecule has 3 rings (SSSR count). The van der Waals surface area contributed by atoms with Crippen LogP contribution in [0.2, 0.25) is 0 Å². The Labute approximate surface area is 217 Å². The van der Waals surface area contributed by atoms with Crippen molar-refractivity contribution in [2.45, 2.75) is 78.9 Å². The van der Waals surface area contributed by atoms with Crippen LogP contribution < -0.4 is 16.4 Å². The third kappa shape index (κ3) is 7.35. The Morgan fingerprint density at radius 2 is 1.97 bits per heavy atom. The zero-order valence-electron chi connectivity index (χ0n) is 22.4. The van der Waals surface area contributed by atoms with E-state index in [1.165, 1.54) is 6.20 Å². The zero-order valence-corrected chi connectivity index (χ0v) is 22.4. The van der Waals surface area contributed by atoms with Crippen molar-refractivity contribution in [1.82, 2.24) is 10.3 Å². The Kier molecular flexibility index (Phi) is 10.3. The largest absolute Gasteiger partial charge is 0.391 e. The van der Waals surface area contributed by atoms with Crippen molar-refractivity contribution < 1.29 is 23.5 Å². The molecular formula is C28H38F2N4O3. The van der Waals surface area contributed by atoms with Crippen LogP contribution in [0.1, 0.15) is 65.0 Å². The highest BCUT2D eigenvalue weighted by Gasteiger charge is 2.61. The van der Waals surface area contributed by atoms with Crippen molar-refractivity contribution in [3.8, 4) is 0 Å². The van der Waals surface area contributed by atoms with Gasteiger partial charge < -0.3 is 21.5 Å². The van der Waals surface area contributed by atoms with E-state index in [1.54, 1.807) is 31.3 Å². The standard InChI is InChI=1S/C26H32F2N4O3.C2H6/c1-5-7-17(24(29)34)18(19-13-30-21(8-15(19)4)22(33)6-2)10-16-12-31-23(9-14(16)3)32-25(35)20-11-26(20,27)28;1-2/h7-10,12-13,20-22,30,33H,5-6,11H2,1-4H3,(H2,29,34)(H,31,32,35);1-2H3/b17-7-,18-10+;. The van der Waals surface area contributed by atoms with Crippen LogP contribution in [0.3, 0.4) is 0 Å². The van der Waals surface area contributed by atoms with E-state index in [0.29, 0.717) is 29.6 Å². The number of anilines is 1. The highest BCUT2D eigenvalue weighted by molar-refractivity contribution is 6.00. The molecule has 0 spiro atoms. The van der Waals surface area contributed by atoms with Crippen LogP contribution in [0.4, 0.5) is 14.6 Å². The summed E-state index contributed by atoms with van der Waals surface area (Å²) in [4.78, 5) is 28.6. The molecule has 7 nitrogen and oxygen atoms in total. The fraction of sp³-hybridized carbons (Fsp3) is 0.464. The molecule has 0 saturated heterocycles. The highest BCUT2D eigenvalue weighted by atomic mass is 19.3. The molecule has 1 saturated carbocycles. The molecule has 1 fully saturated rings. The van der Waals surface area contributed by atoms with Gasteiger partial charge >= 0.3 is 0 Å². The SMILES string of the molecule is CC.CC/C=C(C(N)=O)/C(=C\c1cnc(NC(=O)C2CC2(F)F)cc1C)C1=CNC(C(O)CC)C=C1C. The van der Waals surface area contributed by atoms with Gasteiger partial charge in [0.25, 0.3) is 5.92 Å². The molecule has 0 bridgehead atoms. The summed E-state index contributed by atoms with van der Waals surface area (Å²) in [6, 6.07) is 1.35. The smallest absolute Gasteiger partial charge is 0.260 e. The molecule has 37 heavy (non-hydrogen) atoms. The van der Waals surface area contributed by atoms with E-state index >= 15 is 0 Å². The number of rotatable bonds is 9. The third-order valence-corrected chi connectivity index (χ3v) is 6.21. The number of aryl methyl sites for hydroxylation is 1. The summed E-state index contributed by atoms with van der Waals surface area (Å²) < 4.78 is 26.4. The third-order valence-electron chi connectivity index (χ3n) is 6.21. The van der Waals surface area contributed by atoms with Crippen LogP contribution in [0.15, 0.2) is 52.9 Å². The van der Waals surface area contributed by atoms with Gasteiger partial charge in [0, 0.05) is 30.0 Å². The van der Waals surface area contributed by atoms with Gasteiger partial charge in [-0.05, 0) is 61.1 Å². The van der Waals surface area contributed by atoms with Gasteiger partial charge in [0.05, 0.1) is 12.1 Å². The maximum atomic E-state index is 13.2. The molecule has 0 radical (unpaired) electrons. The van der Waals surface area contributed by atoms with Crippen LogP contribution in [0.25, 0.3) is 6.08 Å². The number of halogens is 2. The van der Waals surface area contributed by atoms with Crippen molar-refractivity contribution in [3.05, 3.63) is 64.0 Å². The first-order valence-electron chi connectivity index (χ1n) is 12.7. The van der Waals surface area contributed by atoms with E-state index in [1.807, 2.05) is 40.7 Å². The lowest BCUT2D eigenvalue weighted by molar-refractivity contribution is -0.119. The second kappa shape index (κ2) is 12.8. The van der Waals surface area contributed by atoms with E-state index in [2.05, 4.69) is 15.6 Å². The molecule has 1 aromatic rings. The Hall–Kier alpha value is -3.33. The highest BCUT2D eigenvalue weighted by Crippen LogP contribution is 2.49. The number of pyridine rings is 1. The molecule has 0 aromatic carbocycles. The summed E-state index contributed by atoms with van der Waals surface area (Å²) in [5.41, 5.74) is 9.66. The van der Waals surface area contributed by atoms with E-state index < -0.39 is 36.2 Å². The molecule has 5 N–H and O–H groups in total. The van der Waals surface area contributed by atoms with Crippen molar-refractivity contribution >= 4 is 23.7 Å². The number of aliphatic hydroxyl groups is 1. The van der Waals surface area contributed by atoms with Gasteiger partial charge in [-0.1, -0.05) is 39.8 Å². The molecule has 1 aliphatic carbocycles. The van der Waals surface area contributed by atoms with Gasteiger partial charge in [0.2, 0.25) is 11.8 Å². The number of nitrogens with one attached hydrogen (secondary N) is 2. The van der Waals surface area contributed by atoms with Crippen molar-refractivity contribution in [2.75, 3.05) is 5.32 Å². The van der Waals surface area contributed by atoms with E-state index in [0.717, 1.165) is 16.7 Å². The predicted molar refractivity (Wildman–Crippen MR) is 143 cm³/mol. The van der Waals surface area contributed by atoms with Crippen molar-refractivity contribution in [2.24, 2.45) is 11.7 Å². The Morgan fingerprint density at radius 3 is 2.46 bits per heavy atom. The predicted octanol–water partition coefficient (Wildman–Crippen LogP) is 4.79. The number of primary amides is 1. The molecule has 202 valence electrons. The topological polar surface area (TPSA) is 117 Å². The van der Waals surface area contributed by atoms with Gasteiger partial charge in [-0.15, -0.1) is 0 Å². The number of hydrogen-bond acceptors (Lipinski definition) is 5. The monoisotopic (exact) mass is 516 g/mol. The second-order valence-corrected chi connectivity index (χ2v) is 8.96. The minimum Gasteiger partial charge on any atom is -0.391 e. The number of alkyl halides is 2. The summed E-state index contributed by atoms with van der Waals surface area (Å²) >= 11 is 0. The molecule has 3 atom stereocenters. The molecule has 2 heterocycles. The number of carbonyl (C=O) groups is 2. The molecule has 2 amide bonds. The Morgan fingerprint density at radius 1 is 1.32 bits per heavy atom. The number of aliphatic hydroxyl groups excluding tert-OH is 1. The summed E-state index contributed by atoms with van der Waals surface area (Å²) in [6.45, 7) is 11.5. The van der Waals surface area contributed by atoms with Gasteiger partial charge in [0.1, 0.15) is 11.7 Å². The lowest BCUT2D eigenvalue weighted by Gasteiger charge is -2.27. The first-order valence-corrected chi connectivity index (χ1v) is 12.7.